The van der Waals surface area contributed by atoms with Crippen molar-refractivity contribution in [3.8, 4) is 5.75 Å². The summed E-state index contributed by atoms with van der Waals surface area (Å²) in [5, 5.41) is 5.40. The van der Waals surface area contributed by atoms with Crippen molar-refractivity contribution < 1.29 is 9.53 Å². The van der Waals surface area contributed by atoms with Crippen molar-refractivity contribution >= 4 is 22.6 Å². The molecule has 1 amide bonds. The van der Waals surface area contributed by atoms with E-state index in [9.17, 15) is 4.79 Å². The smallest absolute Gasteiger partial charge is 0.254 e. The number of carbonyl (C=O) groups excluding carboxylic acids is 1. The summed E-state index contributed by atoms with van der Waals surface area (Å²) in [5.74, 6) is 1.43. The molecule has 162 valence electrons. The number of rotatable bonds is 5. The Kier molecular flexibility index (Phi) is 5.04. The van der Waals surface area contributed by atoms with Gasteiger partial charge in [-0.15, -0.1) is 0 Å². The Hall–Kier alpha value is -3.09. The minimum Gasteiger partial charge on any atom is -0.497 e. The summed E-state index contributed by atoms with van der Waals surface area (Å²) in [4.78, 5) is 22.7. The summed E-state index contributed by atoms with van der Waals surface area (Å²) in [7, 11) is 1.68. The number of fused-ring (bicyclic) bond motifs is 1. The lowest BCUT2D eigenvalue weighted by Crippen LogP contribution is -2.48. The number of anilines is 1. The van der Waals surface area contributed by atoms with Crippen LogP contribution in [0.15, 0.2) is 36.5 Å². The molecular formula is C24H29N5O2. The highest BCUT2D eigenvalue weighted by molar-refractivity contribution is 6.05. The zero-order chi connectivity index (χ0) is 21.5. The molecular weight excluding hydrogens is 390 g/mol. The highest BCUT2D eigenvalue weighted by Crippen LogP contribution is 2.40. The Bertz CT molecular complexity index is 1090. The largest absolute Gasteiger partial charge is 0.497 e. The Balaban J connectivity index is 1.38. The number of carbonyl (C=O) groups is 1. The molecule has 3 heterocycles. The molecule has 2 fully saturated rings. The molecule has 3 aromatic rings. The quantitative estimate of drug-likeness (QED) is 0.628. The van der Waals surface area contributed by atoms with Gasteiger partial charge in [0.25, 0.3) is 5.91 Å². The normalized spacial score (nSPS) is 16.9. The number of ether oxygens (including phenoxy) is 1. The van der Waals surface area contributed by atoms with E-state index >= 15 is 0 Å². The molecule has 0 bridgehead atoms. The van der Waals surface area contributed by atoms with Gasteiger partial charge in [-0.05, 0) is 57.0 Å². The molecule has 1 aliphatic heterocycles. The summed E-state index contributed by atoms with van der Waals surface area (Å²) in [6.45, 7) is 7.22. The molecule has 31 heavy (non-hydrogen) atoms. The first-order chi connectivity index (χ1) is 15.0. The van der Waals surface area contributed by atoms with E-state index in [0.29, 0.717) is 19.0 Å². The van der Waals surface area contributed by atoms with Gasteiger partial charge in [0.1, 0.15) is 5.75 Å². The Morgan fingerprint density at radius 3 is 2.42 bits per heavy atom. The minimum atomic E-state index is 0.0898. The van der Waals surface area contributed by atoms with E-state index in [2.05, 4.69) is 36.0 Å². The average Bonchev–Trinajstić information content (AvgIpc) is 3.56. The Morgan fingerprint density at radius 2 is 1.81 bits per heavy atom. The second-order valence-corrected chi connectivity index (χ2v) is 8.77. The second kappa shape index (κ2) is 7.87. The van der Waals surface area contributed by atoms with Crippen molar-refractivity contribution in [2.75, 3.05) is 38.2 Å². The molecule has 1 aromatic carbocycles. The van der Waals surface area contributed by atoms with Crippen LogP contribution in [0.4, 0.5) is 5.69 Å². The second-order valence-electron chi connectivity index (χ2n) is 8.77. The summed E-state index contributed by atoms with van der Waals surface area (Å²) in [5.41, 5.74) is 3.78. The molecule has 2 aliphatic rings. The van der Waals surface area contributed by atoms with Crippen LogP contribution in [0, 0.1) is 0 Å². The van der Waals surface area contributed by atoms with Crippen LogP contribution in [0.25, 0.3) is 11.0 Å². The lowest BCUT2D eigenvalue weighted by Gasteiger charge is -2.36. The third-order valence-electron chi connectivity index (χ3n) is 6.31. The van der Waals surface area contributed by atoms with Crippen LogP contribution < -0.4 is 9.64 Å². The molecule has 7 heteroatoms. The van der Waals surface area contributed by atoms with Gasteiger partial charge in [0.15, 0.2) is 5.65 Å². The summed E-state index contributed by atoms with van der Waals surface area (Å²) in [6.07, 6.45) is 4.12. The fraction of sp³-hybridized carbons (Fsp3) is 0.458. The first-order valence-electron chi connectivity index (χ1n) is 11.1. The number of benzene rings is 1. The molecule has 2 aromatic heterocycles. The van der Waals surface area contributed by atoms with Gasteiger partial charge < -0.3 is 14.5 Å². The lowest BCUT2D eigenvalue weighted by atomic mass is 10.1. The van der Waals surface area contributed by atoms with E-state index in [0.717, 1.165) is 59.7 Å². The van der Waals surface area contributed by atoms with Gasteiger partial charge in [0, 0.05) is 49.5 Å². The summed E-state index contributed by atoms with van der Waals surface area (Å²) >= 11 is 0. The highest BCUT2D eigenvalue weighted by atomic mass is 16.5. The number of hydrogen-bond acceptors (Lipinski definition) is 5. The van der Waals surface area contributed by atoms with Gasteiger partial charge in [-0.2, -0.15) is 5.10 Å². The molecule has 1 aliphatic carbocycles. The number of pyridine rings is 1. The molecule has 0 atom stereocenters. The first-order valence-corrected chi connectivity index (χ1v) is 11.1. The van der Waals surface area contributed by atoms with Gasteiger partial charge in [0.2, 0.25) is 0 Å². The van der Waals surface area contributed by atoms with Gasteiger partial charge in [-0.1, -0.05) is 0 Å². The van der Waals surface area contributed by atoms with E-state index in [4.69, 9.17) is 9.72 Å². The van der Waals surface area contributed by atoms with Crippen LogP contribution in [-0.4, -0.2) is 58.9 Å². The third-order valence-corrected chi connectivity index (χ3v) is 6.31. The van der Waals surface area contributed by atoms with E-state index in [1.54, 1.807) is 13.3 Å². The van der Waals surface area contributed by atoms with Crippen molar-refractivity contribution in [2.24, 2.45) is 0 Å². The van der Waals surface area contributed by atoms with E-state index < -0.39 is 0 Å². The lowest BCUT2D eigenvalue weighted by molar-refractivity contribution is 0.0748. The zero-order valence-corrected chi connectivity index (χ0v) is 18.4. The third kappa shape index (κ3) is 3.73. The molecule has 1 saturated carbocycles. The van der Waals surface area contributed by atoms with Gasteiger partial charge in [0.05, 0.1) is 24.3 Å². The molecule has 7 nitrogen and oxygen atoms in total. The summed E-state index contributed by atoms with van der Waals surface area (Å²) in [6, 6.07) is 10.3. The maximum absolute atomic E-state index is 13.5. The monoisotopic (exact) mass is 419 g/mol. The predicted octanol–water partition coefficient (Wildman–Crippen LogP) is 3.86. The van der Waals surface area contributed by atoms with Crippen LogP contribution in [0.3, 0.4) is 0 Å². The molecule has 0 radical (unpaired) electrons. The number of methoxy groups -OCH3 is 1. The maximum Gasteiger partial charge on any atom is 0.254 e. The van der Waals surface area contributed by atoms with Crippen molar-refractivity contribution in [1.82, 2.24) is 19.7 Å². The minimum absolute atomic E-state index is 0.0898. The molecule has 1 saturated heterocycles. The van der Waals surface area contributed by atoms with Crippen LogP contribution in [0.2, 0.25) is 0 Å². The standard InChI is InChI=1S/C24H29N5O2/c1-16(2)29-23-21(15-25-29)20(14-22(26-23)17-4-5-17)24(30)28-12-10-27(11-13-28)18-6-8-19(31-3)9-7-18/h6-9,14-17H,4-5,10-13H2,1-3H3. The van der Waals surface area contributed by atoms with Crippen LogP contribution in [0.1, 0.15) is 54.7 Å². The van der Waals surface area contributed by atoms with E-state index in [1.165, 1.54) is 0 Å². The molecule has 0 unspecified atom stereocenters. The molecule has 0 N–H and O–H groups in total. The predicted molar refractivity (Wildman–Crippen MR) is 121 cm³/mol. The highest BCUT2D eigenvalue weighted by Gasteiger charge is 2.30. The fourth-order valence-electron chi connectivity index (χ4n) is 4.31. The van der Waals surface area contributed by atoms with Crippen molar-refractivity contribution in [3.05, 3.63) is 47.8 Å². The van der Waals surface area contributed by atoms with Gasteiger partial charge in [-0.3, -0.25) is 4.79 Å². The Morgan fingerprint density at radius 1 is 1.10 bits per heavy atom. The average molecular weight is 420 g/mol. The van der Waals surface area contributed by atoms with E-state index in [-0.39, 0.29) is 11.9 Å². The number of piperazine rings is 1. The van der Waals surface area contributed by atoms with Crippen LogP contribution >= 0.6 is 0 Å². The maximum atomic E-state index is 13.5. The topological polar surface area (TPSA) is 63.5 Å². The SMILES string of the molecule is COc1ccc(N2CCN(C(=O)c3cc(C4CC4)nc4c3cnn4C(C)C)CC2)cc1. The Labute approximate surface area is 182 Å². The zero-order valence-electron chi connectivity index (χ0n) is 18.4. The number of amides is 1. The van der Waals surface area contributed by atoms with E-state index in [1.807, 2.05) is 27.8 Å². The molecule has 0 spiro atoms. The number of aromatic nitrogens is 3. The van der Waals surface area contributed by atoms with Crippen LogP contribution in [0.5, 0.6) is 5.75 Å². The number of hydrogen-bond donors (Lipinski definition) is 0. The van der Waals surface area contributed by atoms with Crippen LogP contribution in [-0.2, 0) is 0 Å². The van der Waals surface area contributed by atoms with Gasteiger partial charge >= 0.3 is 0 Å². The first kappa shape index (κ1) is 19.8. The summed E-state index contributed by atoms with van der Waals surface area (Å²) < 4.78 is 7.18. The molecule has 5 rings (SSSR count). The van der Waals surface area contributed by atoms with Crippen molar-refractivity contribution in [3.63, 3.8) is 0 Å². The van der Waals surface area contributed by atoms with Crippen molar-refractivity contribution in [1.29, 1.82) is 0 Å². The fourth-order valence-corrected chi connectivity index (χ4v) is 4.31. The number of nitrogens with zero attached hydrogens (tertiary/aromatic N) is 5. The van der Waals surface area contributed by atoms with Gasteiger partial charge in [-0.25, -0.2) is 9.67 Å². The van der Waals surface area contributed by atoms with Crippen molar-refractivity contribution in [2.45, 2.75) is 38.6 Å².